The SMILES string of the molecule is CC(C)C(=O)CCCCCc1ccc(CC(=O)OC2OC(CO)C(O)C(O)C2O)cc1. The third-order valence-electron chi connectivity index (χ3n) is 5.50. The van der Waals surface area contributed by atoms with Crippen LogP contribution in [-0.4, -0.2) is 69.5 Å². The smallest absolute Gasteiger partial charge is 0.312 e. The molecule has 0 amide bonds. The van der Waals surface area contributed by atoms with Gasteiger partial charge in [0.15, 0.2) is 0 Å². The molecule has 0 aliphatic carbocycles. The standard InChI is InChI=1S/C23H34O8/c1-14(2)17(25)7-5-3-4-6-15-8-10-16(11-9-15)12-19(26)31-23-22(29)21(28)20(27)18(13-24)30-23/h8-11,14,18,20-24,27-29H,3-7,12-13H2,1-2H3. The molecule has 1 aliphatic heterocycles. The van der Waals surface area contributed by atoms with Crippen molar-refractivity contribution < 1.29 is 39.5 Å². The van der Waals surface area contributed by atoms with Gasteiger partial charge in [-0.3, -0.25) is 9.59 Å². The number of ketones is 1. The van der Waals surface area contributed by atoms with Crippen molar-refractivity contribution in [1.82, 2.24) is 0 Å². The van der Waals surface area contributed by atoms with Crippen molar-refractivity contribution >= 4 is 11.8 Å². The van der Waals surface area contributed by atoms with Crippen molar-refractivity contribution in [1.29, 1.82) is 0 Å². The second-order valence-corrected chi connectivity index (χ2v) is 8.36. The molecule has 31 heavy (non-hydrogen) atoms. The molecular weight excluding hydrogens is 404 g/mol. The lowest BCUT2D eigenvalue weighted by molar-refractivity contribution is -0.292. The van der Waals surface area contributed by atoms with E-state index in [2.05, 4.69) is 0 Å². The molecule has 1 aromatic rings. The van der Waals surface area contributed by atoms with Crippen LogP contribution in [0.4, 0.5) is 0 Å². The predicted octanol–water partition coefficient (Wildman–Crippen LogP) is 0.900. The van der Waals surface area contributed by atoms with Gasteiger partial charge in [0.1, 0.15) is 30.2 Å². The third kappa shape index (κ3) is 7.66. The van der Waals surface area contributed by atoms with E-state index in [-0.39, 0.29) is 12.3 Å². The molecule has 0 aromatic heterocycles. The van der Waals surface area contributed by atoms with Gasteiger partial charge in [-0.2, -0.15) is 0 Å². The number of hydrogen-bond donors (Lipinski definition) is 4. The number of carbonyl (C=O) groups excluding carboxylic acids is 2. The minimum Gasteiger partial charge on any atom is -0.432 e. The van der Waals surface area contributed by atoms with Crippen LogP contribution in [0.5, 0.6) is 0 Å². The largest absolute Gasteiger partial charge is 0.432 e. The molecule has 5 unspecified atom stereocenters. The number of aliphatic hydroxyl groups is 4. The number of unbranched alkanes of at least 4 members (excludes halogenated alkanes) is 2. The van der Waals surface area contributed by atoms with Gasteiger partial charge >= 0.3 is 5.97 Å². The van der Waals surface area contributed by atoms with E-state index in [4.69, 9.17) is 9.47 Å². The Morgan fingerprint density at radius 3 is 2.23 bits per heavy atom. The molecule has 0 radical (unpaired) electrons. The predicted molar refractivity (Wildman–Crippen MR) is 112 cm³/mol. The first kappa shape index (κ1) is 25.4. The minimum absolute atomic E-state index is 0.0490. The molecule has 0 spiro atoms. The molecule has 1 fully saturated rings. The molecule has 1 saturated heterocycles. The number of Topliss-reactive ketones (excluding diaryl/α,β-unsaturated/α-hetero) is 1. The van der Waals surface area contributed by atoms with Crippen LogP contribution < -0.4 is 0 Å². The number of hydrogen-bond acceptors (Lipinski definition) is 8. The van der Waals surface area contributed by atoms with Crippen molar-refractivity contribution in [3.05, 3.63) is 35.4 Å². The molecule has 2 rings (SSSR count). The average Bonchev–Trinajstić information content (AvgIpc) is 2.74. The van der Waals surface area contributed by atoms with Crippen LogP contribution in [-0.2, 0) is 31.9 Å². The van der Waals surface area contributed by atoms with E-state index in [1.165, 1.54) is 0 Å². The molecule has 1 heterocycles. The molecular formula is C23H34O8. The highest BCUT2D eigenvalue weighted by Crippen LogP contribution is 2.22. The van der Waals surface area contributed by atoms with Crippen molar-refractivity contribution in [3.63, 3.8) is 0 Å². The zero-order valence-electron chi connectivity index (χ0n) is 18.1. The maximum Gasteiger partial charge on any atom is 0.312 e. The second-order valence-electron chi connectivity index (χ2n) is 8.36. The van der Waals surface area contributed by atoms with E-state index in [0.29, 0.717) is 12.2 Å². The van der Waals surface area contributed by atoms with Crippen molar-refractivity contribution in [2.45, 2.75) is 83.1 Å². The summed E-state index contributed by atoms with van der Waals surface area (Å²) in [6.07, 6.45) is -2.94. The van der Waals surface area contributed by atoms with Crippen molar-refractivity contribution in [2.24, 2.45) is 5.92 Å². The lowest BCUT2D eigenvalue weighted by Crippen LogP contribution is -2.59. The Balaban J connectivity index is 1.75. The first-order valence-corrected chi connectivity index (χ1v) is 10.8. The van der Waals surface area contributed by atoms with Gasteiger partial charge in [0.25, 0.3) is 0 Å². The summed E-state index contributed by atoms with van der Waals surface area (Å²) in [5.41, 5.74) is 1.86. The van der Waals surface area contributed by atoms with Crippen LogP contribution in [0, 0.1) is 5.92 Å². The lowest BCUT2D eigenvalue weighted by Gasteiger charge is -2.39. The summed E-state index contributed by atoms with van der Waals surface area (Å²) in [6, 6.07) is 7.53. The maximum atomic E-state index is 12.2. The molecule has 1 aromatic carbocycles. The number of benzene rings is 1. The summed E-state index contributed by atoms with van der Waals surface area (Å²) in [5.74, 6) is -0.258. The average molecular weight is 439 g/mol. The first-order chi connectivity index (χ1) is 14.7. The molecule has 8 heteroatoms. The zero-order valence-corrected chi connectivity index (χ0v) is 18.1. The summed E-state index contributed by atoms with van der Waals surface area (Å²) < 4.78 is 10.3. The van der Waals surface area contributed by atoms with Gasteiger partial charge < -0.3 is 29.9 Å². The van der Waals surface area contributed by atoms with Crippen LogP contribution >= 0.6 is 0 Å². The van der Waals surface area contributed by atoms with E-state index in [9.17, 15) is 30.0 Å². The Labute approximate surface area is 182 Å². The summed E-state index contributed by atoms with van der Waals surface area (Å²) in [4.78, 5) is 23.8. The third-order valence-corrected chi connectivity index (χ3v) is 5.50. The Hall–Kier alpha value is -1.84. The second kappa shape index (κ2) is 12.3. The number of ether oxygens (including phenoxy) is 2. The summed E-state index contributed by atoms with van der Waals surface area (Å²) in [7, 11) is 0. The lowest BCUT2D eigenvalue weighted by atomic mass is 9.99. The molecule has 4 N–H and O–H groups in total. The number of aryl methyl sites for hydroxylation is 1. The van der Waals surface area contributed by atoms with Gasteiger partial charge in [-0.15, -0.1) is 0 Å². The van der Waals surface area contributed by atoms with Crippen LogP contribution in [0.25, 0.3) is 0 Å². The highest BCUT2D eigenvalue weighted by molar-refractivity contribution is 5.80. The first-order valence-electron chi connectivity index (χ1n) is 10.8. The van der Waals surface area contributed by atoms with Crippen LogP contribution in [0.1, 0.15) is 50.7 Å². The Morgan fingerprint density at radius 1 is 0.968 bits per heavy atom. The van der Waals surface area contributed by atoms with Gasteiger partial charge in [0.05, 0.1) is 13.0 Å². The maximum absolute atomic E-state index is 12.2. The quantitative estimate of drug-likeness (QED) is 0.296. The topological polar surface area (TPSA) is 134 Å². The van der Waals surface area contributed by atoms with Gasteiger partial charge in [-0.05, 0) is 30.4 Å². The molecule has 5 atom stereocenters. The zero-order chi connectivity index (χ0) is 23.0. The monoisotopic (exact) mass is 438 g/mol. The Kier molecular flexibility index (Phi) is 10.1. The molecule has 8 nitrogen and oxygen atoms in total. The fourth-order valence-corrected chi connectivity index (χ4v) is 3.42. The van der Waals surface area contributed by atoms with E-state index in [1.807, 2.05) is 38.1 Å². The van der Waals surface area contributed by atoms with Crippen molar-refractivity contribution in [3.8, 4) is 0 Å². The van der Waals surface area contributed by atoms with Crippen molar-refractivity contribution in [2.75, 3.05) is 6.61 Å². The van der Waals surface area contributed by atoms with E-state index < -0.39 is 43.3 Å². The molecule has 0 bridgehead atoms. The van der Waals surface area contributed by atoms with Crippen LogP contribution in [0.2, 0.25) is 0 Å². The number of carbonyl (C=O) groups is 2. The van der Waals surface area contributed by atoms with Gasteiger partial charge in [0, 0.05) is 12.3 Å². The van der Waals surface area contributed by atoms with E-state index in [1.54, 1.807) is 0 Å². The fraction of sp³-hybridized carbons (Fsp3) is 0.652. The van der Waals surface area contributed by atoms with E-state index in [0.717, 1.165) is 36.8 Å². The normalized spacial score (nSPS) is 26.1. The van der Waals surface area contributed by atoms with Gasteiger partial charge in [-0.1, -0.05) is 44.5 Å². The Morgan fingerprint density at radius 2 is 1.61 bits per heavy atom. The van der Waals surface area contributed by atoms with Gasteiger partial charge in [0.2, 0.25) is 6.29 Å². The number of rotatable bonds is 11. The molecule has 0 saturated carbocycles. The van der Waals surface area contributed by atoms with Gasteiger partial charge in [-0.25, -0.2) is 0 Å². The van der Waals surface area contributed by atoms with Crippen LogP contribution in [0.15, 0.2) is 24.3 Å². The minimum atomic E-state index is -1.61. The summed E-state index contributed by atoms with van der Waals surface area (Å²) in [6.45, 7) is 3.25. The number of aliphatic hydroxyl groups excluding tert-OH is 4. The highest BCUT2D eigenvalue weighted by atomic mass is 16.7. The van der Waals surface area contributed by atoms with Crippen LogP contribution in [0.3, 0.4) is 0 Å². The summed E-state index contributed by atoms with van der Waals surface area (Å²) >= 11 is 0. The van der Waals surface area contributed by atoms with E-state index >= 15 is 0 Å². The Bertz CT molecular complexity index is 700. The fourth-order valence-electron chi connectivity index (χ4n) is 3.42. The highest BCUT2D eigenvalue weighted by Gasteiger charge is 2.45. The molecule has 174 valence electrons. The summed E-state index contributed by atoms with van der Waals surface area (Å²) in [5, 5.41) is 38.6. The molecule has 1 aliphatic rings. The number of esters is 1.